The largest absolute Gasteiger partial charge is 0.393 e. The smallest absolute Gasteiger partial charge is 0.0624 e. The van der Waals surface area contributed by atoms with E-state index in [1.165, 1.54) is 24.6 Å². The second-order valence-electron chi connectivity index (χ2n) is 4.10. The lowest BCUT2D eigenvalue weighted by Gasteiger charge is -2.34. The van der Waals surface area contributed by atoms with Crippen molar-refractivity contribution in [3.05, 3.63) is 0 Å². The van der Waals surface area contributed by atoms with Gasteiger partial charge >= 0.3 is 0 Å². The Morgan fingerprint density at radius 2 is 2.14 bits per heavy atom. The van der Waals surface area contributed by atoms with E-state index in [0.29, 0.717) is 5.92 Å². The number of hydrogen-bond donors (Lipinski definition) is 1. The van der Waals surface area contributed by atoms with Gasteiger partial charge in [0.25, 0.3) is 0 Å². The van der Waals surface area contributed by atoms with Gasteiger partial charge in [-0.05, 0) is 6.42 Å². The molecule has 0 aromatic carbocycles. The van der Waals surface area contributed by atoms with E-state index in [4.69, 9.17) is 4.74 Å². The van der Waals surface area contributed by atoms with Crippen LogP contribution in [-0.2, 0) is 4.74 Å². The number of rotatable bonds is 2. The van der Waals surface area contributed by atoms with E-state index in [-0.39, 0.29) is 6.10 Å². The number of aliphatic hydroxyl groups is 1. The minimum absolute atomic E-state index is 0.140. The molecule has 3 nitrogen and oxygen atoms in total. The Morgan fingerprint density at radius 1 is 1.36 bits per heavy atom. The first kappa shape index (κ1) is 10.7. The van der Waals surface area contributed by atoms with Crippen molar-refractivity contribution < 1.29 is 9.84 Å². The Balaban J connectivity index is 1.76. The van der Waals surface area contributed by atoms with Gasteiger partial charge in [-0.2, -0.15) is 11.8 Å². The van der Waals surface area contributed by atoms with Crippen molar-refractivity contribution in [3.63, 3.8) is 0 Å². The van der Waals surface area contributed by atoms with Crippen LogP contribution in [0, 0.1) is 5.92 Å². The van der Waals surface area contributed by atoms with Crippen molar-refractivity contribution in [2.45, 2.75) is 12.5 Å². The Morgan fingerprint density at radius 3 is 2.86 bits per heavy atom. The average Bonchev–Trinajstić information content (AvgIpc) is 2.23. The van der Waals surface area contributed by atoms with Crippen molar-refractivity contribution in [1.82, 2.24) is 4.90 Å². The summed E-state index contributed by atoms with van der Waals surface area (Å²) >= 11 is 2.03. The number of nitrogens with zero attached hydrogens (tertiary/aromatic N) is 1. The highest BCUT2D eigenvalue weighted by Gasteiger charge is 2.26. The van der Waals surface area contributed by atoms with Gasteiger partial charge in [-0.25, -0.2) is 0 Å². The van der Waals surface area contributed by atoms with Gasteiger partial charge in [-0.1, -0.05) is 0 Å². The Bertz CT molecular complexity index is 174. The minimum Gasteiger partial charge on any atom is -0.393 e. The first-order chi connectivity index (χ1) is 6.86. The van der Waals surface area contributed by atoms with Crippen LogP contribution in [-0.4, -0.2) is 60.5 Å². The molecule has 0 saturated carbocycles. The molecule has 2 atom stereocenters. The fourth-order valence-corrected chi connectivity index (χ4v) is 3.05. The molecule has 0 aliphatic carbocycles. The maximum absolute atomic E-state index is 9.79. The van der Waals surface area contributed by atoms with Crippen LogP contribution in [0.25, 0.3) is 0 Å². The summed E-state index contributed by atoms with van der Waals surface area (Å²) < 4.78 is 5.40. The van der Waals surface area contributed by atoms with Crippen molar-refractivity contribution in [2.24, 2.45) is 5.92 Å². The van der Waals surface area contributed by atoms with E-state index in [9.17, 15) is 5.11 Å². The first-order valence-corrected chi connectivity index (χ1v) is 6.57. The summed E-state index contributed by atoms with van der Waals surface area (Å²) in [7, 11) is 0. The quantitative estimate of drug-likeness (QED) is 0.727. The van der Waals surface area contributed by atoms with Crippen molar-refractivity contribution >= 4 is 11.8 Å². The van der Waals surface area contributed by atoms with Gasteiger partial charge < -0.3 is 14.7 Å². The van der Waals surface area contributed by atoms with Crippen molar-refractivity contribution in [2.75, 3.05) is 44.4 Å². The van der Waals surface area contributed by atoms with E-state index >= 15 is 0 Å². The molecule has 2 aliphatic heterocycles. The summed E-state index contributed by atoms with van der Waals surface area (Å²) in [6.45, 7) is 4.84. The van der Waals surface area contributed by atoms with E-state index in [0.717, 1.165) is 26.2 Å². The maximum atomic E-state index is 9.79. The summed E-state index contributed by atoms with van der Waals surface area (Å²) in [5.74, 6) is 2.82. The Kier molecular flexibility index (Phi) is 4.10. The van der Waals surface area contributed by atoms with E-state index < -0.39 is 0 Å². The highest BCUT2D eigenvalue weighted by molar-refractivity contribution is 7.99. The van der Waals surface area contributed by atoms with Gasteiger partial charge in [0.2, 0.25) is 0 Å². The molecule has 0 aromatic heterocycles. The maximum Gasteiger partial charge on any atom is 0.0624 e. The van der Waals surface area contributed by atoms with Gasteiger partial charge in [0, 0.05) is 43.7 Å². The lowest BCUT2D eigenvalue weighted by atomic mass is 9.98. The fraction of sp³-hybridized carbons (Fsp3) is 1.00. The lowest BCUT2D eigenvalue weighted by Crippen LogP contribution is -2.43. The average molecular weight is 217 g/mol. The minimum atomic E-state index is -0.140. The summed E-state index contributed by atoms with van der Waals surface area (Å²) in [5.41, 5.74) is 0. The Labute approximate surface area is 89.8 Å². The number of aliphatic hydroxyl groups excluding tert-OH is 1. The predicted molar refractivity (Wildman–Crippen MR) is 58.7 cm³/mol. The number of hydrogen-bond acceptors (Lipinski definition) is 4. The third-order valence-electron chi connectivity index (χ3n) is 3.03. The molecule has 2 saturated heterocycles. The SMILES string of the molecule is OC1CCOCC1CN1CCSCC1. The molecule has 0 radical (unpaired) electrons. The van der Waals surface area contributed by atoms with Gasteiger partial charge in [0.05, 0.1) is 12.7 Å². The fourth-order valence-electron chi connectivity index (χ4n) is 2.08. The third-order valence-corrected chi connectivity index (χ3v) is 3.97. The highest BCUT2D eigenvalue weighted by Crippen LogP contribution is 2.18. The normalized spacial score (nSPS) is 35.8. The van der Waals surface area contributed by atoms with Gasteiger partial charge in [-0.3, -0.25) is 0 Å². The van der Waals surface area contributed by atoms with Crippen LogP contribution in [0.4, 0.5) is 0 Å². The molecule has 2 aliphatic rings. The summed E-state index contributed by atoms with van der Waals surface area (Å²) in [4.78, 5) is 2.46. The van der Waals surface area contributed by atoms with E-state index in [1.54, 1.807) is 0 Å². The van der Waals surface area contributed by atoms with Gasteiger partial charge in [0.1, 0.15) is 0 Å². The standard InChI is InChI=1S/C10H19NO2S/c12-10-1-4-13-8-9(10)7-11-2-5-14-6-3-11/h9-10,12H,1-8H2. The van der Waals surface area contributed by atoms with Crippen LogP contribution in [0.3, 0.4) is 0 Å². The molecule has 1 N–H and O–H groups in total. The molecule has 4 heteroatoms. The lowest BCUT2D eigenvalue weighted by molar-refractivity contribution is -0.0457. The molecule has 2 unspecified atom stereocenters. The molecule has 0 spiro atoms. The summed E-state index contributed by atoms with van der Waals surface area (Å²) in [5, 5.41) is 9.79. The second-order valence-corrected chi connectivity index (χ2v) is 5.33. The summed E-state index contributed by atoms with van der Waals surface area (Å²) in [6.07, 6.45) is 0.672. The molecule has 0 amide bonds. The molecule has 0 bridgehead atoms. The molecule has 2 heterocycles. The zero-order chi connectivity index (χ0) is 9.80. The van der Waals surface area contributed by atoms with Crippen LogP contribution in [0.2, 0.25) is 0 Å². The van der Waals surface area contributed by atoms with Crippen LogP contribution < -0.4 is 0 Å². The zero-order valence-electron chi connectivity index (χ0n) is 8.52. The van der Waals surface area contributed by atoms with Crippen molar-refractivity contribution in [3.8, 4) is 0 Å². The zero-order valence-corrected chi connectivity index (χ0v) is 9.34. The van der Waals surface area contributed by atoms with E-state index in [2.05, 4.69) is 4.90 Å². The second kappa shape index (κ2) is 5.35. The number of thioether (sulfide) groups is 1. The Hall–Kier alpha value is 0.230. The molecule has 2 rings (SSSR count). The van der Waals surface area contributed by atoms with Gasteiger partial charge in [0.15, 0.2) is 0 Å². The number of ether oxygens (including phenoxy) is 1. The van der Waals surface area contributed by atoms with Crippen LogP contribution in [0.1, 0.15) is 6.42 Å². The molecule has 14 heavy (non-hydrogen) atoms. The monoisotopic (exact) mass is 217 g/mol. The van der Waals surface area contributed by atoms with Gasteiger partial charge in [-0.15, -0.1) is 0 Å². The molecule has 0 aromatic rings. The van der Waals surface area contributed by atoms with Crippen LogP contribution >= 0.6 is 11.8 Å². The van der Waals surface area contributed by atoms with E-state index in [1.807, 2.05) is 11.8 Å². The van der Waals surface area contributed by atoms with Crippen LogP contribution in [0.15, 0.2) is 0 Å². The molecule has 2 fully saturated rings. The highest BCUT2D eigenvalue weighted by atomic mass is 32.2. The first-order valence-electron chi connectivity index (χ1n) is 5.42. The van der Waals surface area contributed by atoms with Crippen LogP contribution in [0.5, 0.6) is 0 Å². The molecular weight excluding hydrogens is 198 g/mol. The third kappa shape index (κ3) is 2.86. The summed E-state index contributed by atoms with van der Waals surface area (Å²) in [6, 6.07) is 0. The molecular formula is C10H19NO2S. The topological polar surface area (TPSA) is 32.7 Å². The molecule has 82 valence electrons. The van der Waals surface area contributed by atoms with Crippen molar-refractivity contribution in [1.29, 1.82) is 0 Å². The predicted octanol–water partition coefficient (Wildman–Crippen LogP) is 0.433.